The average molecular weight is 403 g/mol. The smallest absolute Gasteiger partial charge is 0.132 e. The van der Waals surface area contributed by atoms with E-state index in [0.29, 0.717) is 30.6 Å². The molecule has 1 fully saturated rings. The van der Waals surface area contributed by atoms with E-state index in [4.69, 9.17) is 4.74 Å². The lowest BCUT2D eigenvalue weighted by molar-refractivity contribution is 0.148. The molecule has 1 aliphatic carbocycles. The van der Waals surface area contributed by atoms with Gasteiger partial charge in [0, 0.05) is 17.0 Å². The number of ether oxygens (including phenoxy) is 1. The summed E-state index contributed by atoms with van der Waals surface area (Å²) in [5.41, 5.74) is 3.30. The molecule has 0 radical (unpaired) electrons. The van der Waals surface area contributed by atoms with E-state index in [-0.39, 0.29) is 5.82 Å². The standard InChI is InChI=1S/C28H31FO/c1-3-5-19-30-21-25-13-16-26(17-14-25)27-18-15-24(20-28(27)29)12-11-23-9-7-22(6-4-2)8-10-23/h3-6,13-18,20,22-23H,7-10,19,21H2,1-2H3/b5-3?,6-4+. The predicted octanol–water partition coefficient (Wildman–Crippen LogP) is 7.32. The van der Waals surface area contributed by atoms with Crippen molar-refractivity contribution in [1.29, 1.82) is 0 Å². The second-order valence-electron chi connectivity index (χ2n) is 7.88. The van der Waals surface area contributed by atoms with Crippen molar-refractivity contribution in [3.05, 3.63) is 83.7 Å². The molecule has 0 amide bonds. The third-order valence-corrected chi connectivity index (χ3v) is 5.61. The lowest BCUT2D eigenvalue weighted by Crippen LogP contribution is -2.11. The van der Waals surface area contributed by atoms with Crippen LogP contribution in [0, 0.1) is 29.5 Å². The van der Waals surface area contributed by atoms with Crippen LogP contribution in [-0.4, -0.2) is 6.61 Å². The lowest BCUT2D eigenvalue weighted by Gasteiger charge is -2.22. The fraction of sp³-hybridized carbons (Fsp3) is 0.357. The van der Waals surface area contributed by atoms with Crippen molar-refractivity contribution in [2.75, 3.05) is 6.61 Å². The van der Waals surface area contributed by atoms with Gasteiger partial charge in [0.25, 0.3) is 0 Å². The summed E-state index contributed by atoms with van der Waals surface area (Å²) >= 11 is 0. The number of hydrogen-bond acceptors (Lipinski definition) is 1. The molecule has 1 nitrogen and oxygen atoms in total. The van der Waals surface area contributed by atoms with Crippen LogP contribution in [0.5, 0.6) is 0 Å². The van der Waals surface area contributed by atoms with E-state index in [1.54, 1.807) is 6.07 Å². The fourth-order valence-corrected chi connectivity index (χ4v) is 3.86. The third kappa shape index (κ3) is 6.44. The van der Waals surface area contributed by atoms with Gasteiger partial charge in [-0.15, -0.1) is 0 Å². The number of rotatable bonds is 6. The molecule has 2 heteroatoms. The third-order valence-electron chi connectivity index (χ3n) is 5.61. The molecular formula is C28H31FO. The minimum atomic E-state index is -0.226. The molecule has 3 rings (SSSR count). The summed E-state index contributed by atoms with van der Waals surface area (Å²) in [5.74, 6) is 7.46. The summed E-state index contributed by atoms with van der Waals surface area (Å²) in [6.45, 7) is 5.21. The van der Waals surface area contributed by atoms with E-state index in [2.05, 4.69) is 30.9 Å². The topological polar surface area (TPSA) is 9.23 Å². The number of hydrogen-bond donors (Lipinski definition) is 0. The number of halogens is 1. The first-order valence-electron chi connectivity index (χ1n) is 10.9. The summed E-state index contributed by atoms with van der Waals surface area (Å²) in [7, 11) is 0. The van der Waals surface area contributed by atoms with Crippen molar-refractivity contribution >= 4 is 0 Å². The molecule has 0 saturated heterocycles. The van der Waals surface area contributed by atoms with Gasteiger partial charge in [-0.05, 0) is 68.7 Å². The molecule has 0 unspecified atom stereocenters. The molecule has 0 heterocycles. The molecule has 156 valence electrons. The Morgan fingerprint density at radius 1 is 1.00 bits per heavy atom. The quantitative estimate of drug-likeness (QED) is 0.279. The molecular weight excluding hydrogens is 371 g/mol. The first-order valence-corrected chi connectivity index (χ1v) is 10.9. The molecule has 2 aromatic carbocycles. The second kappa shape index (κ2) is 11.5. The Morgan fingerprint density at radius 2 is 1.77 bits per heavy atom. The summed E-state index contributed by atoms with van der Waals surface area (Å²) in [6, 6.07) is 13.2. The minimum absolute atomic E-state index is 0.226. The van der Waals surface area contributed by atoms with E-state index in [1.807, 2.05) is 55.5 Å². The largest absolute Gasteiger partial charge is 0.373 e. The average Bonchev–Trinajstić information content (AvgIpc) is 2.77. The molecule has 1 saturated carbocycles. The highest BCUT2D eigenvalue weighted by molar-refractivity contribution is 5.65. The SMILES string of the molecule is CC=CCOCc1ccc(-c2ccc(C#CC3CCC(/C=C/C)CC3)cc2F)cc1. The van der Waals surface area contributed by atoms with Crippen molar-refractivity contribution in [1.82, 2.24) is 0 Å². The monoisotopic (exact) mass is 402 g/mol. The summed E-state index contributed by atoms with van der Waals surface area (Å²) in [5, 5.41) is 0. The van der Waals surface area contributed by atoms with Gasteiger partial charge in [-0.3, -0.25) is 0 Å². The second-order valence-corrected chi connectivity index (χ2v) is 7.88. The summed E-state index contributed by atoms with van der Waals surface area (Å²) in [4.78, 5) is 0. The highest BCUT2D eigenvalue weighted by Gasteiger charge is 2.17. The zero-order chi connectivity index (χ0) is 21.2. The molecule has 0 atom stereocenters. The van der Waals surface area contributed by atoms with Gasteiger partial charge in [0.05, 0.1) is 13.2 Å². The fourth-order valence-electron chi connectivity index (χ4n) is 3.86. The van der Waals surface area contributed by atoms with Gasteiger partial charge in [0.1, 0.15) is 5.82 Å². The molecule has 30 heavy (non-hydrogen) atoms. The van der Waals surface area contributed by atoms with E-state index < -0.39 is 0 Å². The highest BCUT2D eigenvalue weighted by atomic mass is 19.1. The zero-order valence-corrected chi connectivity index (χ0v) is 18.0. The molecule has 0 aromatic heterocycles. The Bertz CT molecular complexity index is 919. The van der Waals surface area contributed by atoms with Crippen LogP contribution >= 0.6 is 0 Å². The Kier molecular flexibility index (Phi) is 8.48. The summed E-state index contributed by atoms with van der Waals surface area (Å²) in [6.07, 6.45) is 13.1. The van der Waals surface area contributed by atoms with Crippen LogP contribution in [-0.2, 0) is 11.3 Å². The van der Waals surface area contributed by atoms with Gasteiger partial charge in [0.15, 0.2) is 0 Å². The van der Waals surface area contributed by atoms with Crippen molar-refractivity contribution < 1.29 is 9.13 Å². The van der Waals surface area contributed by atoms with E-state index in [9.17, 15) is 4.39 Å². The van der Waals surface area contributed by atoms with Crippen molar-refractivity contribution in [3.63, 3.8) is 0 Å². The Labute approximate surface area is 180 Å². The van der Waals surface area contributed by atoms with Gasteiger partial charge in [-0.1, -0.05) is 66.5 Å². The van der Waals surface area contributed by atoms with Crippen LogP contribution in [0.1, 0.15) is 50.7 Å². The molecule has 0 N–H and O–H groups in total. The van der Waals surface area contributed by atoms with Crippen LogP contribution in [0.25, 0.3) is 11.1 Å². The zero-order valence-electron chi connectivity index (χ0n) is 18.0. The number of benzene rings is 2. The number of allylic oxidation sites excluding steroid dienone is 3. The van der Waals surface area contributed by atoms with Crippen molar-refractivity contribution in [2.24, 2.45) is 11.8 Å². The van der Waals surface area contributed by atoms with Crippen LogP contribution in [0.3, 0.4) is 0 Å². The maximum atomic E-state index is 14.7. The van der Waals surface area contributed by atoms with Crippen LogP contribution in [0.2, 0.25) is 0 Å². The Morgan fingerprint density at radius 3 is 2.43 bits per heavy atom. The van der Waals surface area contributed by atoms with Gasteiger partial charge < -0.3 is 4.74 Å². The Balaban J connectivity index is 1.60. The molecule has 1 aliphatic rings. The van der Waals surface area contributed by atoms with Gasteiger partial charge in [-0.2, -0.15) is 0 Å². The maximum absolute atomic E-state index is 14.7. The van der Waals surface area contributed by atoms with Gasteiger partial charge >= 0.3 is 0 Å². The van der Waals surface area contributed by atoms with Crippen molar-refractivity contribution in [3.8, 4) is 23.0 Å². The molecule has 0 aliphatic heterocycles. The van der Waals surface area contributed by atoms with E-state index in [0.717, 1.165) is 29.5 Å². The van der Waals surface area contributed by atoms with Crippen LogP contribution in [0.15, 0.2) is 66.8 Å². The van der Waals surface area contributed by atoms with Gasteiger partial charge in [0.2, 0.25) is 0 Å². The van der Waals surface area contributed by atoms with E-state index in [1.165, 1.54) is 12.8 Å². The summed E-state index contributed by atoms with van der Waals surface area (Å²) < 4.78 is 20.3. The molecule has 0 bridgehead atoms. The molecule has 2 aromatic rings. The maximum Gasteiger partial charge on any atom is 0.132 e. The normalized spacial score (nSPS) is 19.2. The van der Waals surface area contributed by atoms with Gasteiger partial charge in [-0.25, -0.2) is 4.39 Å². The van der Waals surface area contributed by atoms with Crippen LogP contribution in [0.4, 0.5) is 4.39 Å². The van der Waals surface area contributed by atoms with E-state index >= 15 is 0 Å². The Hall–Kier alpha value is -2.63. The van der Waals surface area contributed by atoms with Crippen molar-refractivity contribution in [2.45, 2.75) is 46.1 Å². The van der Waals surface area contributed by atoms with Crippen LogP contribution < -0.4 is 0 Å². The lowest BCUT2D eigenvalue weighted by atomic mass is 9.82. The minimum Gasteiger partial charge on any atom is -0.373 e. The predicted molar refractivity (Wildman–Crippen MR) is 123 cm³/mol. The molecule has 0 spiro atoms. The highest BCUT2D eigenvalue weighted by Crippen LogP contribution is 2.29. The first kappa shape index (κ1) is 22.1. The first-order chi connectivity index (χ1) is 14.7.